The third-order valence-electron chi connectivity index (χ3n) is 2.04. The summed E-state index contributed by atoms with van der Waals surface area (Å²) in [6.07, 6.45) is 3.32. The van der Waals surface area contributed by atoms with E-state index in [1.807, 2.05) is 18.2 Å². The van der Waals surface area contributed by atoms with E-state index in [9.17, 15) is 0 Å². The van der Waals surface area contributed by atoms with Crippen molar-refractivity contribution in [3.63, 3.8) is 0 Å². The van der Waals surface area contributed by atoms with Crippen LogP contribution in [0.4, 0.5) is 0 Å². The molecule has 0 aliphatic carbocycles. The molecule has 1 aromatic carbocycles. The number of nitrogens with zero attached hydrogens (tertiary/aromatic N) is 1. The smallest absolute Gasteiger partial charge is 0.150 e. The lowest BCUT2D eigenvalue weighted by Gasteiger charge is -2.08. The van der Waals surface area contributed by atoms with Gasteiger partial charge in [0.2, 0.25) is 0 Å². The number of rotatable bonds is 3. The molecule has 4 heteroatoms. The van der Waals surface area contributed by atoms with Crippen LogP contribution in [-0.2, 0) is 5.88 Å². The first-order valence-corrected chi connectivity index (χ1v) is 5.63. The quantitative estimate of drug-likeness (QED) is 0.763. The normalized spacial score (nSPS) is 10.1. The van der Waals surface area contributed by atoms with Crippen molar-refractivity contribution >= 4 is 23.2 Å². The average Bonchev–Trinajstić information content (AvgIpc) is 2.30. The molecule has 0 unspecified atom stereocenters. The van der Waals surface area contributed by atoms with Gasteiger partial charge < -0.3 is 4.74 Å². The van der Waals surface area contributed by atoms with Crippen LogP contribution in [-0.4, -0.2) is 4.98 Å². The first-order valence-electron chi connectivity index (χ1n) is 4.72. The number of halogens is 2. The topological polar surface area (TPSA) is 22.1 Å². The zero-order valence-electron chi connectivity index (χ0n) is 8.36. The minimum Gasteiger partial charge on any atom is -0.455 e. The Balaban J connectivity index is 2.26. The summed E-state index contributed by atoms with van der Waals surface area (Å²) in [5.41, 5.74) is 0.900. The van der Waals surface area contributed by atoms with Crippen molar-refractivity contribution in [1.29, 1.82) is 0 Å². The van der Waals surface area contributed by atoms with Gasteiger partial charge in [0.15, 0.2) is 0 Å². The van der Waals surface area contributed by atoms with Crippen molar-refractivity contribution in [3.8, 4) is 11.5 Å². The molecule has 0 aliphatic heterocycles. The molecule has 0 radical (unpaired) electrons. The number of pyridine rings is 1. The molecule has 0 fully saturated rings. The summed E-state index contributed by atoms with van der Waals surface area (Å²) in [5.74, 6) is 1.71. The maximum atomic E-state index is 5.86. The molecule has 0 spiro atoms. The van der Waals surface area contributed by atoms with Crippen LogP contribution in [0.15, 0.2) is 42.7 Å². The summed E-state index contributed by atoms with van der Waals surface area (Å²) in [7, 11) is 0. The average molecular weight is 254 g/mol. The molecule has 0 bridgehead atoms. The third kappa shape index (κ3) is 2.65. The van der Waals surface area contributed by atoms with Crippen molar-refractivity contribution < 1.29 is 4.74 Å². The molecule has 0 saturated carbocycles. The highest BCUT2D eigenvalue weighted by molar-refractivity contribution is 6.30. The number of hydrogen-bond donors (Lipinski definition) is 0. The first-order chi connectivity index (χ1) is 7.79. The molecule has 0 aliphatic rings. The van der Waals surface area contributed by atoms with Crippen molar-refractivity contribution in [3.05, 3.63) is 53.3 Å². The predicted molar refractivity (Wildman–Crippen MR) is 65.3 cm³/mol. The molecule has 0 atom stereocenters. The van der Waals surface area contributed by atoms with E-state index in [4.69, 9.17) is 27.9 Å². The number of benzene rings is 1. The Morgan fingerprint density at radius 1 is 1.25 bits per heavy atom. The Labute approximate surface area is 104 Å². The van der Waals surface area contributed by atoms with Crippen LogP contribution < -0.4 is 4.74 Å². The van der Waals surface area contributed by atoms with E-state index in [1.54, 1.807) is 24.5 Å². The van der Waals surface area contributed by atoms with Gasteiger partial charge in [0.25, 0.3) is 0 Å². The third-order valence-corrected chi connectivity index (χ3v) is 2.56. The van der Waals surface area contributed by atoms with E-state index < -0.39 is 0 Å². The maximum absolute atomic E-state index is 5.86. The molecule has 2 aromatic rings. The number of aromatic nitrogens is 1. The highest BCUT2D eigenvalue weighted by atomic mass is 35.5. The van der Waals surface area contributed by atoms with E-state index in [2.05, 4.69) is 4.98 Å². The van der Waals surface area contributed by atoms with Crippen molar-refractivity contribution in [2.45, 2.75) is 5.88 Å². The molecule has 2 nitrogen and oxygen atoms in total. The highest BCUT2D eigenvalue weighted by Crippen LogP contribution is 2.27. The van der Waals surface area contributed by atoms with Crippen LogP contribution in [0, 0.1) is 0 Å². The summed E-state index contributed by atoms with van der Waals surface area (Å²) in [6.45, 7) is 0. The van der Waals surface area contributed by atoms with Crippen LogP contribution in [0.5, 0.6) is 11.5 Å². The lowest BCUT2D eigenvalue weighted by atomic mass is 10.3. The van der Waals surface area contributed by atoms with Crippen LogP contribution in [0.1, 0.15) is 5.56 Å². The maximum Gasteiger partial charge on any atom is 0.150 e. The number of alkyl halides is 1. The fourth-order valence-electron chi connectivity index (χ4n) is 1.27. The van der Waals surface area contributed by atoms with Crippen molar-refractivity contribution in [2.24, 2.45) is 0 Å². The summed E-state index contributed by atoms with van der Waals surface area (Å²) < 4.78 is 5.65. The Hall–Kier alpha value is -1.25. The van der Waals surface area contributed by atoms with Crippen molar-refractivity contribution in [2.75, 3.05) is 0 Å². The number of ether oxygens (including phenoxy) is 1. The predicted octanol–water partition coefficient (Wildman–Crippen LogP) is 4.27. The summed E-state index contributed by atoms with van der Waals surface area (Å²) in [5, 5.41) is 0.633. The second kappa shape index (κ2) is 5.19. The first kappa shape index (κ1) is 11.2. The fraction of sp³-hybridized carbons (Fsp3) is 0.0833. The molecule has 1 heterocycles. The largest absolute Gasteiger partial charge is 0.455 e. The van der Waals surface area contributed by atoms with Gasteiger partial charge in [0, 0.05) is 16.8 Å². The van der Waals surface area contributed by atoms with Gasteiger partial charge in [-0.2, -0.15) is 0 Å². The number of hydrogen-bond acceptors (Lipinski definition) is 2. The Morgan fingerprint density at radius 2 is 2.12 bits per heavy atom. The van der Waals surface area contributed by atoms with Gasteiger partial charge in [-0.05, 0) is 24.3 Å². The molecule has 0 N–H and O–H groups in total. The van der Waals surface area contributed by atoms with Gasteiger partial charge in [-0.15, -0.1) is 11.6 Å². The molecule has 82 valence electrons. The lowest BCUT2D eigenvalue weighted by Crippen LogP contribution is -1.90. The zero-order chi connectivity index (χ0) is 11.4. The molecular weight excluding hydrogens is 245 g/mol. The van der Waals surface area contributed by atoms with E-state index in [-0.39, 0.29) is 0 Å². The molecular formula is C12H9Cl2NO. The molecule has 0 saturated heterocycles. The lowest BCUT2D eigenvalue weighted by molar-refractivity contribution is 0.476. The van der Waals surface area contributed by atoms with E-state index in [1.165, 1.54) is 0 Å². The minimum absolute atomic E-state index is 0.387. The Bertz CT molecular complexity index is 488. The fourth-order valence-corrected chi connectivity index (χ4v) is 1.67. The summed E-state index contributed by atoms with van der Waals surface area (Å²) in [4.78, 5) is 4.00. The highest BCUT2D eigenvalue weighted by Gasteiger charge is 2.03. The minimum atomic E-state index is 0.387. The van der Waals surface area contributed by atoms with E-state index in [0.717, 1.165) is 5.56 Å². The van der Waals surface area contributed by atoms with Crippen LogP contribution >= 0.6 is 23.2 Å². The van der Waals surface area contributed by atoms with Crippen LogP contribution in [0.3, 0.4) is 0 Å². The Kier molecular flexibility index (Phi) is 3.65. The van der Waals surface area contributed by atoms with Crippen LogP contribution in [0.25, 0.3) is 0 Å². The second-order valence-corrected chi connectivity index (χ2v) is 3.88. The monoisotopic (exact) mass is 253 g/mol. The molecule has 0 amide bonds. The van der Waals surface area contributed by atoms with E-state index in [0.29, 0.717) is 22.4 Å². The summed E-state index contributed by atoms with van der Waals surface area (Å²) >= 11 is 11.7. The molecule has 1 aromatic heterocycles. The zero-order valence-corrected chi connectivity index (χ0v) is 9.87. The van der Waals surface area contributed by atoms with Gasteiger partial charge in [-0.1, -0.05) is 17.7 Å². The molecule has 16 heavy (non-hydrogen) atoms. The SMILES string of the molecule is ClCc1ccncc1Oc1cccc(Cl)c1. The van der Waals surface area contributed by atoms with Gasteiger partial charge in [-0.25, -0.2) is 0 Å². The van der Waals surface area contributed by atoms with Crippen LogP contribution in [0.2, 0.25) is 5.02 Å². The van der Waals surface area contributed by atoms with Gasteiger partial charge >= 0.3 is 0 Å². The Morgan fingerprint density at radius 3 is 2.88 bits per heavy atom. The second-order valence-electron chi connectivity index (χ2n) is 3.18. The van der Waals surface area contributed by atoms with Gasteiger partial charge in [0.05, 0.1) is 12.1 Å². The van der Waals surface area contributed by atoms with Gasteiger partial charge in [0.1, 0.15) is 11.5 Å². The standard InChI is InChI=1S/C12H9Cl2NO/c13-7-9-4-5-15-8-12(9)16-11-3-1-2-10(14)6-11/h1-6,8H,7H2. The van der Waals surface area contributed by atoms with Gasteiger partial charge in [-0.3, -0.25) is 4.98 Å². The molecule has 2 rings (SSSR count). The summed E-state index contributed by atoms with van der Waals surface area (Å²) in [6, 6.07) is 9.02. The van der Waals surface area contributed by atoms with Crippen molar-refractivity contribution in [1.82, 2.24) is 4.98 Å². The van der Waals surface area contributed by atoms with E-state index >= 15 is 0 Å².